The fourth-order valence-electron chi connectivity index (χ4n) is 2.30. The lowest BCUT2D eigenvalue weighted by Gasteiger charge is -2.16. The van der Waals surface area contributed by atoms with Gasteiger partial charge in [-0.25, -0.2) is 0 Å². The Labute approximate surface area is 93.2 Å². The third-order valence-electron chi connectivity index (χ3n) is 3.05. The predicted molar refractivity (Wildman–Crippen MR) is 62.8 cm³/mol. The molecule has 2 aromatic rings. The van der Waals surface area contributed by atoms with Crippen LogP contribution in [-0.2, 0) is 0 Å². The molecule has 1 atom stereocenters. The van der Waals surface area contributed by atoms with Gasteiger partial charge in [0.1, 0.15) is 11.3 Å². The second-order valence-corrected chi connectivity index (χ2v) is 4.03. The molecule has 0 radical (unpaired) electrons. The van der Waals surface area contributed by atoms with Crippen molar-refractivity contribution in [3.63, 3.8) is 0 Å². The molecule has 0 bridgehead atoms. The van der Waals surface area contributed by atoms with Crippen molar-refractivity contribution in [2.24, 2.45) is 0 Å². The highest BCUT2D eigenvalue weighted by Crippen LogP contribution is 2.38. The molecule has 1 aliphatic rings. The van der Waals surface area contributed by atoms with Gasteiger partial charge in [0.2, 0.25) is 0 Å². The first-order valence-corrected chi connectivity index (χ1v) is 5.31. The van der Waals surface area contributed by atoms with E-state index in [1.165, 1.54) is 0 Å². The molecule has 80 valence electrons. The van der Waals surface area contributed by atoms with E-state index < -0.39 is 7.12 Å². The van der Waals surface area contributed by atoms with Crippen LogP contribution in [-0.4, -0.2) is 17.2 Å². The van der Waals surface area contributed by atoms with E-state index in [9.17, 15) is 10.0 Å². The fourth-order valence-corrected chi connectivity index (χ4v) is 2.30. The van der Waals surface area contributed by atoms with E-state index in [0.717, 1.165) is 22.3 Å². The second kappa shape index (κ2) is 3.51. The Hall–Kier alpha value is -1.52. The van der Waals surface area contributed by atoms with Crippen LogP contribution < -0.4 is 0 Å². The van der Waals surface area contributed by atoms with Crippen molar-refractivity contribution in [2.45, 2.75) is 12.2 Å². The van der Waals surface area contributed by atoms with Crippen LogP contribution >= 0.6 is 0 Å². The summed E-state index contributed by atoms with van der Waals surface area (Å²) >= 11 is 0. The topological polar surface area (TPSA) is 53.6 Å². The van der Waals surface area contributed by atoms with Crippen molar-refractivity contribution >= 4 is 24.2 Å². The summed E-state index contributed by atoms with van der Waals surface area (Å²) in [6.45, 7) is 0. The number of hydrogen-bond donors (Lipinski definition) is 2. The van der Waals surface area contributed by atoms with Gasteiger partial charge in [0, 0.05) is 16.8 Å². The summed E-state index contributed by atoms with van der Waals surface area (Å²) in [6, 6.07) is 7.68. The smallest absolute Gasteiger partial charge is 0.456 e. The number of hydrogen-bond acceptors (Lipinski definition) is 3. The molecule has 16 heavy (non-hydrogen) atoms. The van der Waals surface area contributed by atoms with Crippen LogP contribution in [0.3, 0.4) is 0 Å². The highest BCUT2D eigenvalue weighted by atomic mass is 16.4. The lowest BCUT2D eigenvalue weighted by atomic mass is 9.65. The van der Waals surface area contributed by atoms with Gasteiger partial charge in [-0.2, -0.15) is 0 Å². The lowest BCUT2D eigenvalue weighted by molar-refractivity contribution is 0.386. The minimum atomic E-state index is -1.34. The van der Waals surface area contributed by atoms with Crippen LogP contribution in [0.5, 0.6) is 0 Å². The minimum absolute atomic E-state index is 0.288. The maximum absolute atomic E-state index is 9.38. The summed E-state index contributed by atoms with van der Waals surface area (Å²) in [7, 11) is -1.34. The zero-order valence-electron chi connectivity index (χ0n) is 8.63. The molecular weight excluding hydrogens is 203 g/mol. The maximum atomic E-state index is 9.38. The van der Waals surface area contributed by atoms with Crippen molar-refractivity contribution in [1.82, 2.24) is 0 Å². The molecule has 0 fully saturated rings. The van der Waals surface area contributed by atoms with Crippen LogP contribution in [0.4, 0.5) is 0 Å². The lowest BCUT2D eigenvalue weighted by Crippen LogP contribution is -2.24. The molecule has 0 amide bonds. The van der Waals surface area contributed by atoms with Gasteiger partial charge < -0.3 is 14.5 Å². The average molecular weight is 214 g/mol. The second-order valence-electron chi connectivity index (χ2n) is 4.03. The minimum Gasteiger partial charge on any atom is -0.456 e. The van der Waals surface area contributed by atoms with Crippen molar-refractivity contribution in [3.8, 4) is 0 Å². The van der Waals surface area contributed by atoms with Crippen molar-refractivity contribution < 1.29 is 14.5 Å². The van der Waals surface area contributed by atoms with Gasteiger partial charge in [-0.1, -0.05) is 24.3 Å². The molecule has 0 saturated heterocycles. The summed E-state index contributed by atoms with van der Waals surface area (Å²) in [5, 5.41) is 19.7. The Kier molecular flexibility index (Phi) is 2.12. The van der Waals surface area contributed by atoms with E-state index in [0.29, 0.717) is 6.42 Å². The standard InChI is InChI=1S/C12H11BO3/c14-13(15)9-5-3-7-11-12(9)8-4-1-2-6-10(8)16-11/h1-4,6-7,9,14-15H,5H2. The Morgan fingerprint density at radius 3 is 2.88 bits per heavy atom. The first-order valence-electron chi connectivity index (χ1n) is 5.31. The number of fused-ring (bicyclic) bond motifs is 3. The SMILES string of the molecule is OB(O)C1CC=Cc2oc3ccccc3c21. The summed E-state index contributed by atoms with van der Waals surface area (Å²) in [6.07, 6.45) is 4.44. The average Bonchev–Trinajstić information content (AvgIpc) is 2.66. The van der Waals surface area contributed by atoms with E-state index in [4.69, 9.17) is 4.42 Å². The zero-order valence-corrected chi connectivity index (χ0v) is 8.63. The quantitative estimate of drug-likeness (QED) is 0.713. The first kappa shape index (κ1) is 9.69. The van der Waals surface area contributed by atoms with E-state index in [1.54, 1.807) is 0 Å². The highest BCUT2D eigenvalue weighted by Gasteiger charge is 2.31. The summed E-state index contributed by atoms with van der Waals surface area (Å²) in [4.78, 5) is 0. The molecule has 1 unspecified atom stereocenters. The summed E-state index contributed by atoms with van der Waals surface area (Å²) in [5.41, 5.74) is 1.71. The van der Waals surface area contributed by atoms with Crippen LogP contribution in [0, 0.1) is 0 Å². The maximum Gasteiger partial charge on any atom is 0.459 e. The Morgan fingerprint density at radius 1 is 1.25 bits per heavy atom. The van der Waals surface area contributed by atoms with Gasteiger partial charge in [0.25, 0.3) is 0 Å². The molecule has 4 heteroatoms. The number of para-hydroxylation sites is 1. The monoisotopic (exact) mass is 214 g/mol. The Morgan fingerprint density at radius 2 is 2.06 bits per heavy atom. The van der Waals surface area contributed by atoms with E-state index >= 15 is 0 Å². The Bertz CT molecular complexity index is 556. The van der Waals surface area contributed by atoms with E-state index in [-0.39, 0.29) is 5.82 Å². The molecule has 1 aliphatic carbocycles. The fraction of sp³-hybridized carbons (Fsp3) is 0.167. The van der Waals surface area contributed by atoms with Gasteiger partial charge in [-0.15, -0.1) is 0 Å². The number of benzene rings is 1. The Balaban J connectivity index is 2.29. The van der Waals surface area contributed by atoms with Crippen LogP contribution in [0.1, 0.15) is 23.6 Å². The number of rotatable bonds is 1. The van der Waals surface area contributed by atoms with Crippen molar-refractivity contribution in [1.29, 1.82) is 0 Å². The van der Waals surface area contributed by atoms with Crippen molar-refractivity contribution in [2.75, 3.05) is 0 Å². The first-order chi connectivity index (χ1) is 7.77. The van der Waals surface area contributed by atoms with Gasteiger partial charge >= 0.3 is 7.12 Å². The molecule has 0 spiro atoms. The summed E-state index contributed by atoms with van der Waals surface area (Å²) < 4.78 is 5.66. The zero-order chi connectivity index (χ0) is 11.1. The molecule has 3 nitrogen and oxygen atoms in total. The van der Waals surface area contributed by atoms with E-state index in [2.05, 4.69) is 0 Å². The molecule has 3 rings (SSSR count). The van der Waals surface area contributed by atoms with Crippen LogP contribution in [0.15, 0.2) is 34.8 Å². The van der Waals surface area contributed by atoms with Gasteiger partial charge in [-0.3, -0.25) is 0 Å². The van der Waals surface area contributed by atoms with Gasteiger partial charge in [0.15, 0.2) is 0 Å². The molecule has 1 aromatic carbocycles. The molecule has 1 heterocycles. The molecule has 1 aromatic heterocycles. The normalized spacial score (nSPS) is 18.8. The largest absolute Gasteiger partial charge is 0.459 e. The third-order valence-corrected chi connectivity index (χ3v) is 3.05. The van der Waals surface area contributed by atoms with Crippen LogP contribution in [0.2, 0.25) is 0 Å². The third kappa shape index (κ3) is 1.31. The van der Waals surface area contributed by atoms with Crippen molar-refractivity contribution in [3.05, 3.63) is 41.7 Å². The predicted octanol–water partition coefficient (Wildman–Crippen LogP) is 1.95. The number of allylic oxidation sites excluding steroid dienone is 1. The van der Waals surface area contributed by atoms with Gasteiger partial charge in [-0.05, 0) is 18.6 Å². The van der Waals surface area contributed by atoms with Crippen LogP contribution in [0.25, 0.3) is 17.0 Å². The highest BCUT2D eigenvalue weighted by molar-refractivity contribution is 6.44. The molecule has 2 N–H and O–H groups in total. The molecular formula is C12H11BO3. The summed E-state index contributed by atoms with van der Waals surface area (Å²) in [5.74, 6) is 0.453. The van der Waals surface area contributed by atoms with Gasteiger partial charge in [0.05, 0.1) is 0 Å². The molecule has 0 aliphatic heterocycles. The van der Waals surface area contributed by atoms with E-state index in [1.807, 2.05) is 36.4 Å². The number of furan rings is 1. The molecule has 0 saturated carbocycles.